The van der Waals surface area contributed by atoms with Gasteiger partial charge in [-0.15, -0.1) is 11.8 Å². The predicted octanol–water partition coefficient (Wildman–Crippen LogP) is 3.36. The van der Waals surface area contributed by atoms with Gasteiger partial charge in [0, 0.05) is 35.0 Å². The zero-order valence-corrected chi connectivity index (χ0v) is 26.0. The van der Waals surface area contributed by atoms with Crippen molar-refractivity contribution in [3.8, 4) is 5.75 Å². The Bertz CT molecular complexity index is 1530. The Morgan fingerprint density at radius 3 is 2.39 bits per heavy atom. The van der Waals surface area contributed by atoms with Gasteiger partial charge >= 0.3 is 0 Å². The Morgan fingerprint density at radius 2 is 1.68 bits per heavy atom. The van der Waals surface area contributed by atoms with Crippen molar-refractivity contribution in [1.29, 1.82) is 0 Å². The quantitative estimate of drug-likeness (QED) is 0.234. The Hall–Kier alpha value is -4.35. The number of amides is 4. The number of phenols is 1. The third-order valence-corrected chi connectivity index (χ3v) is 8.96. The van der Waals surface area contributed by atoms with E-state index < -0.39 is 34.7 Å². The van der Waals surface area contributed by atoms with E-state index in [-0.39, 0.29) is 42.0 Å². The Morgan fingerprint density at radius 1 is 1.00 bits per heavy atom. The van der Waals surface area contributed by atoms with Gasteiger partial charge in [0.1, 0.15) is 11.8 Å². The fraction of sp³-hybridized carbons (Fsp3) is 0.333. The Labute approximate surface area is 261 Å². The number of benzene rings is 3. The van der Waals surface area contributed by atoms with Crippen molar-refractivity contribution >= 4 is 41.1 Å². The van der Waals surface area contributed by atoms with Crippen LogP contribution in [-0.4, -0.2) is 67.6 Å². The lowest BCUT2D eigenvalue weighted by atomic mass is 9.96. The molecule has 4 rings (SSSR count). The normalized spacial score (nSPS) is 16.9. The van der Waals surface area contributed by atoms with Crippen LogP contribution in [0.25, 0.3) is 0 Å². The van der Waals surface area contributed by atoms with Crippen LogP contribution >= 0.6 is 11.8 Å². The number of anilines is 1. The van der Waals surface area contributed by atoms with E-state index in [4.69, 9.17) is 0 Å². The molecule has 232 valence electrons. The van der Waals surface area contributed by atoms with Gasteiger partial charge in [-0.3, -0.25) is 19.2 Å². The van der Waals surface area contributed by atoms with E-state index in [2.05, 4.69) is 16.0 Å². The SMILES string of the molecule is CC(=O)Nc1cccc(CNC(=O)[C@H]2N(C(=O)[C@@H](O)[C@H](Cc3ccccc3)NC(=O)c3cccc(O)c3C)CSC2(C)C)c1. The molecule has 44 heavy (non-hydrogen) atoms. The monoisotopic (exact) mass is 618 g/mol. The lowest BCUT2D eigenvalue weighted by Crippen LogP contribution is -2.58. The summed E-state index contributed by atoms with van der Waals surface area (Å²) in [5.74, 6) is -1.67. The molecule has 0 radical (unpaired) electrons. The van der Waals surface area contributed by atoms with Gasteiger partial charge in [-0.1, -0.05) is 48.5 Å². The smallest absolute Gasteiger partial charge is 0.254 e. The summed E-state index contributed by atoms with van der Waals surface area (Å²) in [6.07, 6.45) is -1.50. The maximum atomic E-state index is 13.9. The molecule has 4 amide bonds. The second kappa shape index (κ2) is 14.0. The average molecular weight is 619 g/mol. The number of hydrogen-bond donors (Lipinski definition) is 5. The summed E-state index contributed by atoms with van der Waals surface area (Å²) in [4.78, 5) is 53.5. The number of hydrogen-bond acceptors (Lipinski definition) is 7. The van der Waals surface area contributed by atoms with Crippen LogP contribution < -0.4 is 16.0 Å². The van der Waals surface area contributed by atoms with E-state index >= 15 is 0 Å². The highest BCUT2D eigenvalue weighted by molar-refractivity contribution is 8.00. The fourth-order valence-electron chi connectivity index (χ4n) is 5.23. The number of aromatic hydroxyl groups is 1. The number of aliphatic hydroxyl groups is 1. The molecule has 5 N–H and O–H groups in total. The van der Waals surface area contributed by atoms with Crippen molar-refractivity contribution in [3.63, 3.8) is 0 Å². The van der Waals surface area contributed by atoms with Gasteiger partial charge in [0.15, 0.2) is 6.10 Å². The number of aliphatic hydroxyl groups excluding tert-OH is 1. The van der Waals surface area contributed by atoms with Crippen LogP contribution in [0.2, 0.25) is 0 Å². The first kappa shape index (κ1) is 32.6. The van der Waals surface area contributed by atoms with Gasteiger partial charge in [0.05, 0.1) is 11.9 Å². The summed E-state index contributed by atoms with van der Waals surface area (Å²) in [5.41, 5.74) is 2.76. The lowest BCUT2D eigenvalue weighted by Gasteiger charge is -2.33. The van der Waals surface area contributed by atoms with E-state index in [1.165, 1.54) is 29.7 Å². The van der Waals surface area contributed by atoms with Gasteiger partial charge in [0.25, 0.3) is 11.8 Å². The maximum Gasteiger partial charge on any atom is 0.254 e. The van der Waals surface area contributed by atoms with Gasteiger partial charge in [0.2, 0.25) is 11.8 Å². The van der Waals surface area contributed by atoms with Crippen molar-refractivity contribution in [3.05, 3.63) is 95.1 Å². The standard InChI is InChI=1S/C33H38N4O6S/c1-20-25(14-9-15-27(20)39)30(41)36-26(17-22-10-6-5-7-11-22)28(40)32(43)37-19-44-33(3,4)29(37)31(42)34-18-23-12-8-13-24(16-23)35-21(2)38/h5-16,26,28-29,39-40H,17-19H2,1-4H3,(H,34,42)(H,35,38)(H,36,41)/t26-,28-,29+/m0/s1. The summed E-state index contributed by atoms with van der Waals surface area (Å²) < 4.78 is -0.658. The molecule has 1 heterocycles. The highest BCUT2D eigenvalue weighted by Gasteiger charge is 2.49. The molecule has 10 nitrogen and oxygen atoms in total. The highest BCUT2D eigenvalue weighted by Crippen LogP contribution is 2.40. The Kier molecular flexibility index (Phi) is 10.3. The number of carbonyl (C=O) groups is 4. The number of nitrogens with one attached hydrogen (secondary N) is 3. The van der Waals surface area contributed by atoms with Gasteiger partial charge < -0.3 is 31.1 Å². The lowest BCUT2D eigenvalue weighted by molar-refractivity contribution is -0.147. The first-order valence-electron chi connectivity index (χ1n) is 14.3. The molecule has 0 spiro atoms. The minimum atomic E-state index is -1.66. The molecule has 0 aromatic heterocycles. The van der Waals surface area contributed by atoms with E-state index in [1.807, 2.05) is 50.2 Å². The van der Waals surface area contributed by atoms with Gasteiger partial charge in [-0.25, -0.2) is 0 Å². The van der Waals surface area contributed by atoms with Crippen molar-refractivity contribution in [2.45, 2.75) is 63.6 Å². The van der Waals surface area contributed by atoms with Crippen molar-refractivity contribution in [2.24, 2.45) is 0 Å². The molecule has 0 saturated carbocycles. The predicted molar refractivity (Wildman–Crippen MR) is 170 cm³/mol. The summed E-state index contributed by atoms with van der Waals surface area (Å²) in [6.45, 7) is 6.93. The Balaban J connectivity index is 1.53. The van der Waals surface area contributed by atoms with Crippen LogP contribution in [0.15, 0.2) is 72.8 Å². The van der Waals surface area contributed by atoms with Crippen LogP contribution in [0.1, 0.15) is 47.8 Å². The topological polar surface area (TPSA) is 148 Å². The molecule has 1 fully saturated rings. The van der Waals surface area contributed by atoms with Gasteiger partial charge in [-0.2, -0.15) is 0 Å². The number of carbonyl (C=O) groups excluding carboxylic acids is 4. The van der Waals surface area contributed by atoms with Crippen LogP contribution in [0.3, 0.4) is 0 Å². The fourth-order valence-corrected chi connectivity index (χ4v) is 6.37. The zero-order valence-electron chi connectivity index (χ0n) is 25.2. The molecule has 0 unspecified atom stereocenters. The second-order valence-electron chi connectivity index (χ2n) is 11.4. The third kappa shape index (κ3) is 7.78. The first-order chi connectivity index (χ1) is 20.9. The van der Waals surface area contributed by atoms with Crippen molar-refractivity contribution in [2.75, 3.05) is 11.2 Å². The molecule has 3 aromatic rings. The summed E-state index contributed by atoms with van der Waals surface area (Å²) in [6, 6.07) is 18.9. The minimum Gasteiger partial charge on any atom is -0.508 e. The van der Waals surface area contributed by atoms with Crippen molar-refractivity contribution < 1.29 is 29.4 Å². The third-order valence-electron chi connectivity index (χ3n) is 7.59. The van der Waals surface area contributed by atoms with E-state index in [1.54, 1.807) is 37.3 Å². The van der Waals surface area contributed by atoms with E-state index in [0.29, 0.717) is 11.3 Å². The van der Waals surface area contributed by atoms with E-state index in [9.17, 15) is 29.4 Å². The van der Waals surface area contributed by atoms with Gasteiger partial charge in [-0.05, 0) is 62.6 Å². The molecule has 1 aliphatic heterocycles. The summed E-state index contributed by atoms with van der Waals surface area (Å²) in [5, 5.41) is 30.0. The van der Waals surface area contributed by atoms with Crippen LogP contribution in [-0.2, 0) is 27.3 Å². The average Bonchev–Trinajstić information content (AvgIpc) is 3.31. The second-order valence-corrected chi connectivity index (χ2v) is 13.0. The van der Waals surface area contributed by atoms with Crippen LogP contribution in [0.5, 0.6) is 5.75 Å². The molecule has 11 heteroatoms. The number of rotatable bonds is 10. The molecule has 0 bridgehead atoms. The summed E-state index contributed by atoms with van der Waals surface area (Å²) >= 11 is 1.42. The first-order valence-corrected chi connectivity index (χ1v) is 15.3. The number of phenolic OH excluding ortho intramolecular Hbond substituents is 1. The molecule has 3 aromatic carbocycles. The van der Waals surface area contributed by atoms with Crippen LogP contribution in [0, 0.1) is 6.92 Å². The minimum absolute atomic E-state index is 0.0408. The highest BCUT2D eigenvalue weighted by atomic mass is 32.2. The maximum absolute atomic E-state index is 13.9. The number of thioether (sulfide) groups is 1. The molecular formula is C33H38N4O6S. The molecular weight excluding hydrogens is 580 g/mol. The summed E-state index contributed by atoms with van der Waals surface area (Å²) in [7, 11) is 0. The van der Waals surface area contributed by atoms with Crippen LogP contribution in [0.4, 0.5) is 5.69 Å². The van der Waals surface area contributed by atoms with Crippen molar-refractivity contribution in [1.82, 2.24) is 15.5 Å². The molecule has 1 saturated heterocycles. The van der Waals surface area contributed by atoms with E-state index in [0.717, 1.165) is 11.1 Å². The zero-order chi connectivity index (χ0) is 32.0. The molecule has 3 atom stereocenters. The number of nitrogens with zero attached hydrogens (tertiary/aromatic N) is 1. The largest absolute Gasteiger partial charge is 0.508 e. The molecule has 0 aliphatic carbocycles. The molecule has 1 aliphatic rings.